The lowest BCUT2D eigenvalue weighted by Gasteiger charge is -2.30. The fourth-order valence-electron chi connectivity index (χ4n) is 2.54. The predicted octanol–water partition coefficient (Wildman–Crippen LogP) is 1.84. The van der Waals surface area contributed by atoms with E-state index in [1.807, 2.05) is 11.3 Å². The van der Waals surface area contributed by atoms with E-state index in [0.717, 1.165) is 50.7 Å². The number of anilines is 1. The molecule has 3 heterocycles. The van der Waals surface area contributed by atoms with E-state index >= 15 is 0 Å². The van der Waals surface area contributed by atoms with Crippen LogP contribution < -0.4 is 10.2 Å². The topological polar surface area (TPSA) is 56.8 Å². The first-order chi connectivity index (χ1) is 9.81. The van der Waals surface area contributed by atoms with E-state index in [0.29, 0.717) is 6.04 Å². The number of nitrogens with zero attached hydrogens (tertiary/aromatic N) is 3. The van der Waals surface area contributed by atoms with Gasteiger partial charge in [0.05, 0.1) is 0 Å². The Morgan fingerprint density at radius 1 is 1.45 bits per heavy atom. The van der Waals surface area contributed by atoms with Gasteiger partial charge in [-0.3, -0.25) is 5.10 Å². The van der Waals surface area contributed by atoms with Crippen molar-refractivity contribution in [3.8, 4) is 0 Å². The van der Waals surface area contributed by atoms with Gasteiger partial charge in [-0.15, -0.1) is 16.4 Å². The summed E-state index contributed by atoms with van der Waals surface area (Å²) < 4.78 is 0. The van der Waals surface area contributed by atoms with Crippen LogP contribution in [0.2, 0.25) is 0 Å². The summed E-state index contributed by atoms with van der Waals surface area (Å²) in [6, 6.07) is 4.81. The average Bonchev–Trinajstić information content (AvgIpc) is 3.10. The minimum Gasteiger partial charge on any atom is -0.337 e. The molecule has 2 aromatic heterocycles. The van der Waals surface area contributed by atoms with E-state index in [-0.39, 0.29) is 0 Å². The van der Waals surface area contributed by atoms with Crippen LogP contribution in [-0.4, -0.2) is 40.9 Å². The van der Waals surface area contributed by atoms with E-state index in [4.69, 9.17) is 0 Å². The van der Waals surface area contributed by atoms with Crippen molar-refractivity contribution in [3.05, 3.63) is 28.2 Å². The number of hydrogen-bond donors (Lipinski definition) is 2. The molecule has 0 amide bonds. The molecule has 6 heteroatoms. The van der Waals surface area contributed by atoms with E-state index in [9.17, 15) is 0 Å². The van der Waals surface area contributed by atoms with Gasteiger partial charge in [-0.05, 0) is 31.2 Å². The fourth-order valence-corrected chi connectivity index (χ4v) is 3.29. The maximum absolute atomic E-state index is 4.62. The molecule has 1 saturated heterocycles. The van der Waals surface area contributed by atoms with Crippen molar-refractivity contribution in [2.75, 3.05) is 24.5 Å². The van der Waals surface area contributed by atoms with Crippen molar-refractivity contribution in [2.45, 2.75) is 32.2 Å². The van der Waals surface area contributed by atoms with Gasteiger partial charge in [-0.1, -0.05) is 6.07 Å². The molecule has 5 nitrogen and oxygen atoms in total. The summed E-state index contributed by atoms with van der Waals surface area (Å²) >= 11 is 1.82. The van der Waals surface area contributed by atoms with Crippen LogP contribution >= 0.6 is 11.3 Å². The normalized spacial score (nSPS) is 19.4. The van der Waals surface area contributed by atoms with Gasteiger partial charge in [0, 0.05) is 37.0 Å². The van der Waals surface area contributed by atoms with Crippen molar-refractivity contribution < 1.29 is 0 Å². The maximum Gasteiger partial charge on any atom is 0.244 e. The lowest BCUT2D eigenvalue weighted by molar-refractivity contribution is 0.479. The van der Waals surface area contributed by atoms with Crippen LogP contribution in [0.3, 0.4) is 0 Å². The molecule has 1 fully saturated rings. The Hall–Kier alpha value is -1.40. The van der Waals surface area contributed by atoms with E-state index in [1.54, 1.807) is 0 Å². The van der Waals surface area contributed by atoms with Crippen molar-refractivity contribution in [2.24, 2.45) is 0 Å². The van der Waals surface area contributed by atoms with E-state index in [2.05, 4.69) is 49.8 Å². The second kappa shape index (κ2) is 6.37. The molecule has 1 atom stereocenters. The number of thiophene rings is 1. The summed E-state index contributed by atoms with van der Waals surface area (Å²) in [5.74, 6) is 1.85. The number of piperazine rings is 1. The minimum absolute atomic E-state index is 0.504. The second-order valence-electron chi connectivity index (χ2n) is 5.32. The Morgan fingerprint density at radius 3 is 3.20 bits per heavy atom. The zero-order valence-corrected chi connectivity index (χ0v) is 12.6. The summed E-state index contributed by atoms with van der Waals surface area (Å²) in [6.07, 6.45) is 3.21. The van der Waals surface area contributed by atoms with Crippen molar-refractivity contribution in [1.82, 2.24) is 20.5 Å². The predicted molar refractivity (Wildman–Crippen MR) is 82.4 cm³/mol. The highest BCUT2D eigenvalue weighted by molar-refractivity contribution is 7.09. The molecule has 0 radical (unpaired) electrons. The summed E-state index contributed by atoms with van der Waals surface area (Å²) in [5.41, 5.74) is 0. The summed E-state index contributed by atoms with van der Waals surface area (Å²) in [7, 11) is 0. The van der Waals surface area contributed by atoms with Crippen molar-refractivity contribution in [1.29, 1.82) is 0 Å². The number of hydrogen-bond acceptors (Lipinski definition) is 5. The minimum atomic E-state index is 0.504. The average molecular weight is 291 g/mol. The quantitative estimate of drug-likeness (QED) is 0.882. The van der Waals surface area contributed by atoms with Gasteiger partial charge in [-0.25, -0.2) is 0 Å². The molecule has 0 aromatic carbocycles. The molecule has 0 spiro atoms. The molecular formula is C14H21N5S. The Balaban J connectivity index is 1.51. The Bertz CT molecular complexity index is 521. The van der Waals surface area contributed by atoms with Gasteiger partial charge in [-0.2, -0.15) is 4.98 Å². The van der Waals surface area contributed by atoms with Gasteiger partial charge in [0.15, 0.2) is 0 Å². The Labute approximate surface area is 123 Å². The molecular weight excluding hydrogens is 270 g/mol. The smallest absolute Gasteiger partial charge is 0.244 e. The third-order valence-corrected chi connectivity index (χ3v) is 4.52. The van der Waals surface area contributed by atoms with Crippen LogP contribution in [-0.2, 0) is 12.8 Å². The monoisotopic (exact) mass is 291 g/mol. The third kappa shape index (κ3) is 3.37. The fraction of sp³-hybridized carbons (Fsp3) is 0.571. The molecule has 3 rings (SSSR count). The molecule has 2 aromatic rings. The van der Waals surface area contributed by atoms with Gasteiger partial charge in [0.2, 0.25) is 5.95 Å². The standard InChI is InChI=1S/C14H21N5S/c1-11-10-19(8-7-15-11)14-16-13(17-18-14)6-2-4-12-5-3-9-20-12/h3,5,9,11,15H,2,4,6-8,10H2,1H3,(H,16,17,18)/t11-/m1/s1. The van der Waals surface area contributed by atoms with E-state index in [1.165, 1.54) is 4.88 Å². The maximum atomic E-state index is 4.62. The molecule has 0 bridgehead atoms. The zero-order valence-electron chi connectivity index (χ0n) is 11.8. The molecule has 20 heavy (non-hydrogen) atoms. The number of aryl methyl sites for hydroxylation is 2. The molecule has 0 aliphatic carbocycles. The highest BCUT2D eigenvalue weighted by Crippen LogP contribution is 2.14. The lowest BCUT2D eigenvalue weighted by Crippen LogP contribution is -2.49. The van der Waals surface area contributed by atoms with Gasteiger partial charge < -0.3 is 10.2 Å². The molecule has 2 N–H and O–H groups in total. The summed E-state index contributed by atoms with van der Waals surface area (Å²) in [4.78, 5) is 8.32. The molecule has 1 aliphatic rings. The number of aromatic nitrogens is 3. The first-order valence-corrected chi connectivity index (χ1v) is 8.11. The molecule has 1 aliphatic heterocycles. The highest BCUT2D eigenvalue weighted by Gasteiger charge is 2.19. The van der Waals surface area contributed by atoms with Crippen molar-refractivity contribution in [3.63, 3.8) is 0 Å². The van der Waals surface area contributed by atoms with Crippen LogP contribution in [0.4, 0.5) is 5.95 Å². The zero-order chi connectivity index (χ0) is 13.8. The molecule has 0 saturated carbocycles. The first-order valence-electron chi connectivity index (χ1n) is 7.23. The summed E-state index contributed by atoms with van der Waals surface area (Å²) in [6.45, 7) is 5.16. The third-order valence-electron chi connectivity index (χ3n) is 3.59. The van der Waals surface area contributed by atoms with Crippen LogP contribution in [0.25, 0.3) is 0 Å². The van der Waals surface area contributed by atoms with Gasteiger partial charge in [0.25, 0.3) is 0 Å². The van der Waals surface area contributed by atoms with Crippen LogP contribution in [0, 0.1) is 0 Å². The largest absolute Gasteiger partial charge is 0.337 e. The number of aromatic amines is 1. The van der Waals surface area contributed by atoms with Gasteiger partial charge >= 0.3 is 0 Å². The molecule has 108 valence electrons. The van der Waals surface area contributed by atoms with Gasteiger partial charge in [0.1, 0.15) is 5.82 Å². The second-order valence-corrected chi connectivity index (χ2v) is 6.35. The van der Waals surface area contributed by atoms with Crippen molar-refractivity contribution >= 4 is 17.3 Å². The summed E-state index contributed by atoms with van der Waals surface area (Å²) in [5, 5.41) is 13.0. The number of H-pyrrole nitrogens is 1. The van der Waals surface area contributed by atoms with Crippen LogP contribution in [0.5, 0.6) is 0 Å². The van der Waals surface area contributed by atoms with E-state index < -0.39 is 0 Å². The highest BCUT2D eigenvalue weighted by atomic mass is 32.1. The molecule has 0 unspecified atom stereocenters. The first kappa shape index (κ1) is 13.6. The Morgan fingerprint density at radius 2 is 2.40 bits per heavy atom. The lowest BCUT2D eigenvalue weighted by atomic mass is 10.2. The number of rotatable bonds is 5. The number of nitrogens with one attached hydrogen (secondary N) is 2. The Kier molecular flexibility index (Phi) is 4.32. The van der Waals surface area contributed by atoms with Crippen LogP contribution in [0.1, 0.15) is 24.0 Å². The van der Waals surface area contributed by atoms with Crippen LogP contribution in [0.15, 0.2) is 17.5 Å². The SMILES string of the molecule is C[C@@H]1CN(c2n[nH]c(CCCc3cccs3)n2)CCN1.